The van der Waals surface area contributed by atoms with E-state index in [4.69, 9.17) is 5.73 Å². The molecule has 0 aromatic heterocycles. The molecule has 0 bridgehead atoms. The molecule has 2 heteroatoms. The first-order valence-corrected chi connectivity index (χ1v) is 7.98. The topological polar surface area (TPSA) is 29.3 Å². The van der Waals surface area contributed by atoms with Crippen molar-refractivity contribution in [3.8, 4) is 0 Å². The molecule has 2 rings (SSSR count). The van der Waals surface area contributed by atoms with Crippen LogP contribution in [0.2, 0.25) is 0 Å². The van der Waals surface area contributed by atoms with Crippen molar-refractivity contribution in [1.29, 1.82) is 0 Å². The van der Waals surface area contributed by atoms with E-state index in [1.54, 1.807) is 0 Å². The highest BCUT2D eigenvalue weighted by Gasteiger charge is 2.29. The monoisotopic (exact) mass is 274 g/mol. The molecule has 0 aliphatic carbocycles. The molecule has 112 valence electrons. The van der Waals surface area contributed by atoms with Gasteiger partial charge in [-0.2, -0.15) is 0 Å². The van der Waals surface area contributed by atoms with Crippen molar-refractivity contribution in [2.45, 2.75) is 39.5 Å². The van der Waals surface area contributed by atoms with E-state index in [1.165, 1.54) is 31.5 Å². The van der Waals surface area contributed by atoms with Crippen LogP contribution in [0, 0.1) is 11.3 Å². The number of benzene rings is 1. The fraction of sp³-hybridized carbons (Fsp3) is 0.667. The SMILES string of the molecule is CC(C)(C)C1CCN(CC(CN)c2ccccc2)CC1. The zero-order valence-corrected chi connectivity index (χ0v) is 13.3. The van der Waals surface area contributed by atoms with Gasteiger partial charge in [0.25, 0.3) is 0 Å². The van der Waals surface area contributed by atoms with Crippen LogP contribution < -0.4 is 5.73 Å². The highest BCUT2D eigenvalue weighted by atomic mass is 15.1. The van der Waals surface area contributed by atoms with Crippen molar-refractivity contribution in [1.82, 2.24) is 4.90 Å². The second-order valence-electron chi connectivity index (χ2n) is 7.28. The molecule has 1 unspecified atom stereocenters. The number of likely N-dealkylation sites (tertiary alicyclic amines) is 1. The van der Waals surface area contributed by atoms with Gasteiger partial charge in [-0.25, -0.2) is 0 Å². The molecule has 2 N–H and O–H groups in total. The highest BCUT2D eigenvalue weighted by Crippen LogP contribution is 2.34. The second kappa shape index (κ2) is 6.73. The average Bonchev–Trinajstić information content (AvgIpc) is 2.45. The summed E-state index contributed by atoms with van der Waals surface area (Å²) >= 11 is 0. The number of rotatable bonds is 4. The van der Waals surface area contributed by atoms with Crippen molar-refractivity contribution in [2.75, 3.05) is 26.2 Å². The van der Waals surface area contributed by atoms with Crippen molar-refractivity contribution < 1.29 is 0 Å². The molecule has 1 saturated heterocycles. The van der Waals surface area contributed by atoms with Crippen molar-refractivity contribution in [2.24, 2.45) is 17.1 Å². The lowest BCUT2D eigenvalue weighted by atomic mass is 9.75. The Labute approximate surface area is 124 Å². The summed E-state index contributed by atoms with van der Waals surface area (Å²) in [4.78, 5) is 2.60. The Balaban J connectivity index is 1.88. The lowest BCUT2D eigenvalue weighted by molar-refractivity contribution is 0.108. The number of nitrogens with two attached hydrogens (primary N) is 1. The molecular weight excluding hydrogens is 244 g/mol. The van der Waals surface area contributed by atoms with Gasteiger partial charge >= 0.3 is 0 Å². The fourth-order valence-electron chi connectivity index (χ4n) is 3.33. The molecule has 1 fully saturated rings. The Hall–Kier alpha value is -0.860. The molecule has 0 radical (unpaired) electrons. The predicted molar refractivity (Wildman–Crippen MR) is 86.9 cm³/mol. The van der Waals surface area contributed by atoms with Gasteiger partial charge in [-0.15, -0.1) is 0 Å². The zero-order chi connectivity index (χ0) is 14.6. The van der Waals surface area contributed by atoms with Crippen LogP contribution in [0.1, 0.15) is 45.1 Å². The first-order valence-electron chi connectivity index (χ1n) is 7.98. The van der Waals surface area contributed by atoms with Crippen molar-refractivity contribution >= 4 is 0 Å². The van der Waals surface area contributed by atoms with Crippen LogP contribution in [0.4, 0.5) is 0 Å². The molecule has 0 amide bonds. The summed E-state index contributed by atoms with van der Waals surface area (Å²) in [6.07, 6.45) is 2.66. The summed E-state index contributed by atoms with van der Waals surface area (Å²) in [6, 6.07) is 10.7. The maximum absolute atomic E-state index is 5.99. The summed E-state index contributed by atoms with van der Waals surface area (Å²) in [5, 5.41) is 0. The predicted octanol–water partition coefficient (Wildman–Crippen LogP) is 3.49. The molecule has 1 aliphatic rings. The van der Waals surface area contributed by atoms with Gasteiger partial charge in [0.15, 0.2) is 0 Å². The average molecular weight is 274 g/mol. The summed E-state index contributed by atoms with van der Waals surface area (Å²) < 4.78 is 0. The molecule has 0 spiro atoms. The highest BCUT2D eigenvalue weighted by molar-refractivity contribution is 5.20. The summed E-state index contributed by atoms with van der Waals surface area (Å²) in [6.45, 7) is 11.4. The van der Waals surface area contributed by atoms with Crippen LogP contribution in [0.15, 0.2) is 30.3 Å². The molecule has 1 aromatic rings. The molecule has 2 nitrogen and oxygen atoms in total. The minimum Gasteiger partial charge on any atom is -0.330 e. The van der Waals surface area contributed by atoms with Crippen LogP contribution in [0.5, 0.6) is 0 Å². The van der Waals surface area contributed by atoms with E-state index >= 15 is 0 Å². The molecular formula is C18H30N2. The minimum absolute atomic E-state index is 0.457. The Kier molecular flexibility index (Phi) is 5.22. The number of nitrogens with zero attached hydrogens (tertiary/aromatic N) is 1. The molecule has 0 saturated carbocycles. The first-order chi connectivity index (χ1) is 9.50. The maximum Gasteiger partial charge on any atom is 0.00888 e. The molecule has 20 heavy (non-hydrogen) atoms. The van der Waals surface area contributed by atoms with E-state index in [2.05, 4.69) is 56.0 Å². The number of hydrogen-bond acceptors (Lipinski definition) is 2. The van der Waals surface area contributed by atoms with Gasteiger partial charge in [-0.05, 0) is 42.8 Å². The maximum atomic E-state index is 5.99. The van der Waals surface area contributed by atoms with Crippen molar-refractivity contribution in [3.63, 3.8) is 0 Å². The van der Waals surface area contributed by atoms with Gasteiger partial charge in [0.1, 0.15) is 0 Å². The van der Waals surface area contributed by atoms with Crippen molar-refractivity contribution in [3.05, 3.63) is 35.9 Å². The third-order valence-corrected chi connectivity index (χ3v) is 4.85. The number of hydrogen-bond donors (Lipinski definition) is 1. The smallest absolute Gasteiger partial charge is 0.00888 e. The third kappa shape index (κ3) is 4.07. The summed E-state index contributed by atoms with van der Waals surface area (Å²) in [5.74, 6) is 1.34. The van der Waals surface area contributed by atoms with Crippen LogP contribution in [-0.2, 0) is 0 Å². The first kappa shape index (κ1) is 15.5. The number of piperidine rings is 1. The largest absolute Gasteiger partial charge is 0.330 e. The van der Waals surface area contributed by atoms with Crippen LogP contribution in [0.25, 0.3) is 0 Å². The van der Waals surface area contributed by atoms with Crippen LogP contribution in [-0.4, -0.2) is 31.1 Å². The van der Waals surface area contributed by atoms with Crippen LogP contribution in [0.3, 0.4) is 0 Å². The molecule has 1 aliphatic heterocycles. The standard InChI is InChI=1S/C18H30N2/c1-18(2,3)17-9-11-20(12-10-17)14-16(13-19)15-7-5-4-6-8-15/h4-8,16-17H,9-14,19H2,1-3H3. The molecule has 1 heterocycles. The second-order valence-corrected chi connectivity index (χ2v) is 7.28. The Morgan fingerprint density at radius 3 is 2.25 bits per heavy atom. The quantitative estimate of drug-likeness (QED) is 0.910. The Morgan fingerprint density at radius 2 is 1.75 bits per heavy atom. The lowest BCUT2D eigenvalue weighted by Crippen LogP contribution is -2.40. The van der Waals surface area contributed by atoms with Gasteiger partial charge in [0.05, 0.1) is 0 Å². The van der Waals surface area contributed by atoms with Gasteiger partial charge in [0, 0.05) is 19.0 Å². The van der Waals surface area contributed by atoms with Gasteiger partial charge in [-0.1, -0.05) is 51.1 Å². The normalized spacial score (nSPS) is 20.0. The van der Waals surface area contributed by atoms with Gasteiger partial charge < -0.3 is 10.6 Å². The Morgan fingerprint density at radius 1 is 1.15 bits per heavy atom. The third-order valence-electron chi connectivity index (χ3n) is 4.85. The van der Waals surface area contributed by atoms with E-state index in [1.807, 2.05) is 0 Å². The zero-order valence-electron chi connectivity index (χ0n) is 13.3. The minimum atomic E-state index is 0.457. The van der Waals surface area contributed by atoms with E-state index in [0.29, 0.717) is 11.3 Å². The lowest BCUT2D eigenvalue weighted by Gasteiger charge is -2.39. The Bertz CT molecular complexity index is 386. The summed E-state index contributed by atoms with van der Waals surface area (Å²) in [7, 11) is 0. The fourth-order valence-corrected chi connectivity index (χ4v) is 3.33. The van der Waals surface area contributed by atoms with Crippen LogP contribution >= 0.6 is 0 Å². The van der Waals surface area contributed by atoms with E-state index < -0.39 is 0 Å². The van der Waals surface area contributed by atoms with E-state index in [9.17, 15) is 0 Å². The molecule has 1 atom stereocenters. The summed E-state index contributed by atoms with van der Waals surface area (Å²) in [5.41, 5.74) is 7.83. The van der Waals surface area contributed by atoms with Gasteiger partial charge in [0.2, 0.25) is 0 Å². The van der Waals surface area contributed by atoms with E-state index in [0.717, 1.165) is 19.0 Å². The van der Waals surface area contributed by atoms with E-state index in [-0.39, 0.29) is 0 Å². The van der Waals surface area contributed by atoms with Gasteiger partial charge in [-0.3, -0.25) is 0 Å². The molecule has 1 aromatic carbocycles.